The molecule has 0 atom stereocenters. The molecule has 0 bridgehead atoms. The first kappa shape index (κ1) is 9.44. The molecule has 0 aromatic heterocycles. The number of carboxylic acid groups (broad SMARTS) is 1. The Morgan fingerprint density at radius 3 is 2.00 bits per heavy atom. The summed E-state index contributed by atoms with van der Waals surface area (Å²) in [7, 11) is 0. The van der Waals surface area contributed by atoms with Gasteiger partial charge in [0.1, 0.15) is 0 Å². The molecule has 0 aliphatic rings. The Balaban J connectivity index is 0. The normalized spacial score (nSPS) is 5.33. The molecule has 36 valence electrons. The maximum absolute atomic E-state index is 9.25. The topological polar surface area (TPSA) is 37.3 Å². The van der Waals surface area contributed by atoms with Gasteiger partial charge in [0.05, 0.1) is 0 Å². The first-order chi connectivity index (χ1) is 2.27. The molecule has 2 nitrogen and oxygen atoms in total. The summed E-state index contributed by atoms with van der Waals surface area (Å²) in [5.41, 5.74) is 0. The molecular weight excluding hydrogens is 277 g/mol. The van der Waals surface area contributed by atoms with Crippen molar-refractivity contribution < 1.29 is 9.90 Å². The summed E-state index contributed by atoms with van der Waals surface area (Å²) in [6.07, 6.45) is 0.833. The van der Waals surface area contributed by atoms with Crippen LogP contribution in [0.3, 0.4) is 0 Å². The van der Waals surface area contributed by atoms with E-state index in [0.29, 0.717) is 0 Å². The quantitative estimate of drug-likeness (QED) is 0.649. The summed E-state index contributed by atoms with van der Waals surface area (Å²) >= 11 is 0. The molecule has 3 heteroatoms. The molecule has 0 unspecified atom stereocenters. The minimum atomic E-state index is -0.981. The second kappa shape index (κ2) is 5.11. The molecule has 0 heterocycles. The Bertz CT molecular complexity index is 59.8. The van der Waals surface area contributed by atoms with E-state index in [-0.39, 0.29) is 26.6 Å². The molecule has 0 radical (unpaired) electrons. The van der Waals surface area contributed by atoms with Crippen LogP contribution in [0.5, 0.6) is 0 Å². The molecule has 0 aromatic rings. The Kier molecular flexibility index (Phi) is 8.04. The predicted molar refractivity (Wildman–Crippen MR) is 26.4 cm³/mol. The number of carboxylic acids is 1. The zero-order valence-corrected chi connectivity index (χ0v) is 7.03. The van der Waals surface area contributed by atoms with Gasteiger partial charge >= 0.3 is 32.5 Å². The molecule has 6 heavy (non-hydrogen) atoms. The van der Waals surface area contributed by atoms with E-state index in [2.05, 4.69) is 6.58 Å². The summed E-state index contributed by atoms with van der Waals surface area (Å²) in [6.45, 7) is 2.96. The van der Waals surface area contributed by atoms with Gasteiger partial charge in [-0.05, 0) is 0 Å². The summed E-state index contributed by atoms with van der Waals surface area (Å²) < 4.78 is 0. The SMILES string of the molecule is C=CC(=O)O.[PoH2]. The van der Waals surface area contributed by atoms with Crippen LogP contribution in [0.4, 0.5) is 0 Å². The van der Waals surface area contributed by atoms with Crippen molar-refractivity contribution in [2.45, 2.75) is 0 Å². The van der Waals surface area contributed by atoms with Crippen molar-refractivity contribution in [3.8, 4) is 0 Å². The van der Waals surface area contributed by atoms with E-state index in [4.69, 9.17) is 5.11 Å². The van der Waals surface area contributed by atoms with Crippen molar-refractivity contribution in [1.82, 2.24) is 0 Å². The van der Waals surface area contributed by atoms with Crippen LogP contribution in [0.25, 0.3) is 0 Å². The van der Waals surface area contributed by atoms with E-state index in [1.807, 2.05) is 0 Å². The first-order valence-electron chi connectivity index (χ1n) is 1.12. The number of carbonyl (C=O) groups is 1. The third-order valence-electron chi connectivity index (χ3n) is 0.175. The van der Waals surface area contributed by atoms with Gasteiger partial charge < -0.3 is 5.11 Å². The van der Waals surface area contributed by atoms with E-state index in [1.54, 1.807) is 0 Å². The summed E-state index contributed by atoms with van der Waals surface area (Å²) in [5.74, 6) is -0.981. The van der Waals surface area contributed by atoms with E-state index in [1.165, 1.54) is 0 Å². The predicted octanol–water partition coefficient (Wildman–Crippen LogP) is -0.659. The number of rotatable bonds is 1. The van der Waals surface area contributed by atoms with Crippen LogP contribution in [-0.2, 0) is 4.79 Å². The van der Waals surface area contributed by atoms with Crippen LogP contribution in [0, 0.1) is 0 Å². The fourth-order valence-corrected chi connectivity index (χ4v) is 0. The zero-order valence-electron chi connectivity index (χ0n) is 3.14. The van der Waals surface area contributed by atoms with Gasteiger partial charge in [0, 0.05) is 6.08 Å². The average molecular weight is 283 g/mol. The van der Waals surface area contributed by atoms with Crippen LogP contribution >= 0.6 is 0 Å². The van der Waals surface area contributed by atoms with E-state index >= 15 is 0 Å². The molecule has 0 saturated heterocycles. The standard InChI is InChI=1S/C3H4O2.Po.2H/c1-2-3(4)5;;;/h2H,1H2,(H,4,5);;;. The van der Waals surface area contributed by atoms with Crippen LogP contribution in [0.2, 0.25) is 0 Å². The fourth-order valence-electron chi connectivity index (χ4n) is 0. The van der Waals surface area contributed by atoms with Crippen LogP contribution in [0.15, 0.2) is 12.7 Å². The zero-order chi connectivity index (χ0) is 4.28. The second-order valence-electron chi connectivity index (χ2n) is 0.542. The average Bonchev–Trinajstić information content (AvgIpc) is 1.38. The summed E-state index contributed by atoms with van der Waals surface area (Å²) in [6, 6.07) is 0. The number of hydrogen-bond acceptors (Lipinski definition) is 1. The van der Waals surface area contributed by atoms with Gasteiger partial charge in [-0.3, -0.25) is 0 Å². The Labute approximate surface area is 55.3 Å². The first-order valence-corrected chi connectivity index (χ1v) is 1.12. The Morgan fingerprint density at radius 2 is 2.00 bits per heavy atom. The number of aliphatic carboxylic acids is 1. The van der Waals surface area contributed by atoms with Gasteiger partial charge in [0.25, 0.3) is 0 Å². The monoisotopic (exact) mass is 283 g/mol. The summed E-state index contributed by atoms with van der Waals surface area (Å²) in [5, 5.41) is 7.60. The van der Waals surface area contributed by atoms with Crippen molar-refractivity contribution >= 4 is 32.5 Å². The van der Waals surface area contributed by atoms with Crippen molar-refractivity contribution in [3.63, 3.8) is 0 Å². The van der Waals surface area contributed by atoms with Crippen molar-refractivity contribution in [1.29, 1.82) is 0 Å². The van der Waals surface area contributed by atoms with Gasteiger partial charge in [-0.2, -0.15) is 0 Å². The molecule has 0 aliphatic carbocycles. The third kappa shape index (κ3) is 8.93. The van der Waals surface area contributed by atoms with Gasteiger partial charge in [-0.15, -0.1) is 0 Å². The minimum absolute atomic E-state index is 0. The van der Waals surface area contributed by atoms with Crippen LogP contribution < -0.4 is 0 Å². The van der Waals surface area contributed by atoms with Crippen molar-refractivity contribution in [2.24, 2.45) is 0 Å². The molecule has 1 N–H and O–H groups in total. The third-order valence-corrected chi connectivity index (χ3v) is 0.175. The molecular formula is C3H6O2Po. The Morgan fingerprint density at radius 1 is 1.83 bits per heavy atom. The van der Waals surface area contributed by atoms with Gasteiger partial charge in [-0.1, -0.05) is 6.58 Å². The van der Waals surface area contributed by atoms with Gasteiger partial charge in [0.2, 0.25) is 0 Å². The van der Waals surface area contributed by atoms with Crippen molar-refractivity contribution in [2.75, 3.05) is 0 Å². The van der Waals surface area contributed by atoms with Gasteiger partial charge in [0.15, 0.2) is 0 Å². The number of hydrogen-bond donors (Lipinski definition) is 1. The molecule has 0 spiro atoms. The van der Waals surface area contributed by atoms with Crippen LogP contribution in [-0.4, -0.2) is 37.6 Å². The summed E-state index contributed by atoms with van der Waals surface area (Å²) in [4.78, 5) is 9.25. The van der Waals surface area contributed by atoms with Crippen molar-refractivity contribution in [3.05, 3.63) is 12.7 Å². The molecule has 0 amide bonds. The molecule has 0 saturated carbocycles. The molecule has 0 rings (SSSR count). The molecule has 0 fully saturated rings. The molecule has 0 aromatic carbocycles. The van der Waals surface area contributed by atoms with Gasteiger partial charge in [-0.25, -0.2) is 4.79 Å². The van der Waals surface area contributed by atoms with E-state index in [0.717, 1.165) is 6.08 Å². The second-order valence-corrected chi connectivity index (χ2v) is 0.542. The molecule has 0 aliphatic heterocycles. The fraction of sp³-hybridized carbons (Fsp3) is 0. The Hall–Kier alpha value is 0.106. The van der Waals surface area contributed by atoms with Crippen LogP contribution in [0.1, 0.15) is 0 Å². The van der Waals surface area contributed by atoms with E-state index in [9.17, 15) is 4.79 Å². The maximum atomic E-state index is 9.25. The van der Waals surface area contributed by atoms with E-state index < -0.39 is 5.97 Å².